The first-order chi connectivity index (χ1) is 6.34. The van der Waals surface area contributed by atoms with E-state index in [-0.39, 0.29) is 24.9 Å². The van der Waals surface area contributed by atoms with Gasteiger partial charge in [0, 0.05) is 0 Å². The van der Waals surface area contributed by atoms with Crippen molar-refractivity contribution in [3.8, 4) is 0 Å². The summed E-state index contributed by atoms with van der Waals surface area (Å²) in [5.41, 5.74) is 1.19. The van der Waals surface area contributed by atoms with E-state index in [2.05, 4.69) is 5.32 Å². The topological polar surface area (TPSA) is 40.4 Å². The number of rotatable bonds is 2. The van der Waals surface area contributed by atoms with Crippen LogP contribution < -0.4 is 18.9 Å². The van der Waals surface area contributed by atoms with Gasteiger partial charge in [-0.1, -0.05) is 36.4 Å². The molecule has 14 heavy (non-hydrogen) atoms. The molecule has 1 aliphatic heterocycles. The van der Waals surface area contributed by atoms with Crippen LogP contribution in [0.15, 0.2) is 30.3 Å². The number of cyclic esters (lactones) is 1. The van der Waals surface area contributed by atoms with Gasteiger partial charge in [0.2, 0.25) is 6.09 Å². The van der Waals surface area contributed by atoms with Crippen LogP contribution in [0.3, 0.4) is 0 Å². The maximum absolute atomic E-state index is 10.7. The molecule has 1 aliphatic rings. The van der Waals surface area contributed by atoms with Gasteiger partial charge in [-0.05, 0) is 12.0 Å². The van der Waals surface area contributed by atoms with E-state index in [4.69, 9.17) is 4.74 Å². The molecule has 68 valence electrons. The number of hydrogen-bond donors (Lipinski definition) is 0. The third-order valence-corrected chi connectivity index (χ3v) is 2.00. The zero-order valence-corrected chi connectivity index (χ0v) is 8.14. The van der Waals surface area contributed by atoms with Gasteiger partial charge in [-0.3, -0.25) is 4.79 Å². The molecule has 1 fully saturated rings. The minimum Gasteiger partial charge on any atom is -0.612 e. The first-order valence-electron chi connectivity index (χ1n) is 4.26. The number of benzene rings is 1. The number of carbonyl (C=O) groups is 1. The minimum atomic E-state index is -0.430. The zero-order valence-electron chi connectivity index (χ0n) is 8.14. The summed E-state index contributed by atoms with van der Waals surface area (Å²) in [7, 11) is 0. The van der Waals surface area contributed by atoms with E-state index in [0.717, 1.165) is 6.42 Å². The molecule has 0 aromatic heterocycles. The molecule has 0 saturated carbocycles. The third kappa shape index (κ3) is 2.80. The Morgan fingerprint density at radius 1 is 1.36 bits per heavy atom. The summed E-state index contributed by atoms with van der Waals surface area (Å²) < 4.78 is 4.73. The summed E-state index contributed by atoms with van der Waals surface area (Å²) in [4.78, 5) is 10.7. The Bertz CT molecular complexity index is 302. The molecule has 0 unspecified atom stereocenters. The molecule has 0 N–H and O–H groups in total. The molecule has 1 aromatic rings. The van der Waals surface area contributed by atoms with Gasteiger partial charge in [0.05, 0.1) is 6.61 Å². The van der Waals surface area contributed by atoms with E-state index in [0.29, 0.717) is 6.61 Å². The molecule has 1 atom stereocenters. The average molecular weight is 183 g/mol. The predicted molar refractivity (Wildman–Crippen MR) is 48.6 cm³/mol. The van der Waals surface area contributed by atoms with Gasteiger partial charge in [0.1, 0.15) is 0 Å². The largest absolute Gasteiger partial charge is 1.00 e. The molecule has 0 radical (unpaired) electrons. The van der Waals surface area contributed by atoms with E-state index in [1.54, 1.807) is 0 Å². The molecule has 1 heterocycles. The maximum atomic E-state index is 10.7. The van der Waals surface area contributed by atoms with Gasteiger partial charge < -0.3 is 10.1 Å². The first-order valence-corrected chi connectivity index (χ1v) is 4.26. The molecule has 0 aliphatic carbocycles. The summed E-state index contributed by atoms with van der Waals surface area (Å²) in [6.07, 6.45) is 0.355. The second-order valence-corrected chi connectivity index (χ2v) is 3.05. The number of amides is 1. The number of ether oxygens (including phenoxy) is 1. The molecule has 3 nitrogen and oxygen atoms in total. The fourth-order valence-corrected chi connectivity index (χ4v) is 1.38. The Labute approximate surface area is 95.0 Å². The summed E-state index contributed by atoms with van der Waals surface area (Å²) in [5, 5.41) is 3.82. The van der Waals surface area contributed by atoms with Crippen LogP contribution in [-0.2, 0) is 11.2 Å². The Morgan fingerprint density at radius 3 is 2.64 bits per heavy atom. The van der Waals surface area contributed by atoms with E-state index in [1.165, 1.54) is 5.56 Å². The molecule has 2 rings (SSSR count). The maximum Gasteiger partial charge on any atom is 1.00 e. The monoisotopic (exact) mass is 183 g/mol. The van der Waals surface area contributed by atoms with Crippen LogP contribution in [0.1, 0.15) is 5.56 Å². The van der Waals surface area contributed by atoms with Crippen LogP contribution in [0.25, 0.3) is 5.32 Å². The Balaban J connectivity index is 0.000000980. The average Bonchev–Trinajstić information content (AvgIpc) is 2.53. The number of carbonyl (C=O) groups excluding carboxylic acids is 1. The van der Waals surface area contributed by atoms with Crippen molar-refractivity contribution in [1.29, 1.82) is 0 Å². The van der Waals surface area contributed by atoms with Crippen LogP contribution in [0, 0.1) is 0 Å². The molecule has 4 heteroatoms. The van der Waals surface area contributed by atoms with E-state index in [1.807, 2.05) is 30.3 Å². The van der Waals surface area contributed by atoms with Crippen LogP contribution >= 0.6 is 0 Å². The van der Waals surface area contributed by atoms with Crippen molar-refractivity contribution in [2.45, 2.75) is 12.5 Å². The second kappa shape index (κ2) is 5.09. The fourth-order valence-electron chi connectivity index (χ4n) is 1.38. The third-order valence-electron chi connectivity index (χ3n) is 2.00. The predicted octanol–water partition coefficient (Wildman–Crippen LogP) is -0.874. The summed E-state index contributed by atoms with van der Waals surface area (Å²) >= 11 is 0. The van der Waals surface area contributed by atoms with Crippen molar-refractivity contribution in [3.63, 3.8) is 0 Å². The van der Waals surface area contributed by atoms with E-state index in [9.17, 15) is 4.79 Å². The smallest absolute Gasteiger partial charge is 0.612 e. The van der Waals surface area contributed by atoms with Crippen molar-refractivity contribution in [2.75, 3.05) is 6.61 Å². The summed E-state index contributed by atoms with van der Waals surface area (Å²) in [6.45, 7) is 0.424. The van der Waals surface area contributed by atoms with Gasteiger partial charge in [-0.25, -0.2) is 0 Å². The number of nitrogens with zero attached hydrogens (tertiary/aromatic N) is 1. The van der Waals surface area contributed by atoms with Crippen LogP contribution in [0.4, 0.5) is 4.79 Å². The minimum absolute atomic E-state index is 0. The van der Waals surface area contributed by atoms with Crippen molar-refractivity contribution in [3.05, 3.63) is 41.2 Å². The first kappa shape index (κ1) is 11.2. The molecule has 1 aromatic carbocycles. The SMILES string of the molecule is O=C1[N-][C@@H](Cc2ccccc2)CO1.[Li+]. The van der Waals surface area contributed by atoms with Gasteiger partial charge in [0.15, 0.2) is 0 Å². The van der Waals surface area contributed by atoms with Crippen LogP contribution in [0.2, 0.25) is 0 Å². The van der Waals surface area contributed by atoms with Crippen molar-refractivity contribution < 1.29 is 28.4 Å². The van der Waals surface area contributed by atoms with Gasteiger partial charge in [-0.2, -0.15) is 0 Å². The fraction of sp³-hybridized carbons (Fsp3) is 0.300. The molecule has 1 amide bonds. The Kier molecular flexibility index (Phi) is 4.06. The molecule has 0 bridgehead atoms. The van der Waals surface area contributed by atoms with Crippen molar-refractivity contribution in [1.82, 2.24) is 0 Å². The molecule has 1 saturated heterocycles. The van der Waals surface area contributed by atoms with E-state index < -0.39 is 6.09 Å². The molecular weight excluding hydrogens is 173 g/mol. The van der Waals surface area contributed by atoms with Crippen molar-refractivity contribution >= 4 is 6.09 Å². The standard InChI is InChI=1S/C10H11NO2.Li/c12-10-11-9(7-13-10)6-8-4-2-1-3-5-8;/h1-5,9H,6-7H2,(H,11,12);/q;+1/p-1/t9-;/m0./s1. The molecular formula is C10H10LiNO2. The van der Waals surface area contributed by atoms with Gasteiger partial charge >= 0.3 is 18.9 Å². The van der Waals surface area contributed by atoms with Crippen LogP contribution in [-0.4, -0.2) is 18.7 Å². The summed E-state index contributed by atoms with van der Waals surface area (Å²) in [6, 6.07) is 9.99. The summed E-state index contributed by atoms with van der Waals surface area (Å²) in [5.74, 6) is 0. The second-order valence-electron chi connectivity index (χ2n) is 3.05. The normalized spacial score (nSPS) is 19.4. The molecule has 0 spiro atoms. The quantitative estimate of drug-likeness (QED) is 0.559. The Morgan fingerprint density at radius 2 is 2.07 bits per heavy atom. The number of hydrogen-bond acceptors (Lipinski definition) is 2. The van der Waals surface area contributed by atoms with Gasteiger partial charge in [0.25, 0.3) is 0 Å². The van der Waals surface area contributed by atoms with Gasteiger partial charge in [-0.15, -0.1) is 0 Å². The van der Waals surface area contributed by atoms with E-state index >= 15 is 0 Å². The Hall–Kier alpha value is -0.913. The zero-order chi connectivity index (χ0) is 9.10. The van der Waals surface area contributed by atoms with Crippen molar-refractivity contribution in [2.24, 2.45) is 0 Å². The van der Waals surface area contributed by atoms with Crippen LogP contribution in [0.5, 0.6) is 0 Å².